The Morgan fingerprint density at radius 2 is 0.833 bits per heavy atom. The monoisotopic (exact) mass is 356 g/mol. The minimum absolute atomic E-state index is 0.715. The average Bonchev–Trinajstić information content (AvgIpc) is 2.57. The molecule has 0 amide bonds. The van der Waals surface area contributed by atoms with Gasteiger partial charge in [-0.3, -0.25) is 4.55 Å². The highest BCUT2D eigenvalue weighted by Gasteiger charge is 2.17. The van der Waals surface area contributed by atoms with Crippen LogP contribution in [0.25, 0.3) is 0 Å². The van der Waals surface area contributed by atoms with Gasteiger partial charge in [0, 0.05) is 0 Å². The Bertz CT molecular complexity index is 734. The highest BCUT2D eigenvalue weighted by molar-refractivity contribution is 7.85. The van der Waals surface area contributed by atoms with Crippen LogP contribution < -0.4 is 15.6 Å². The summed E-state index contributed by atoms with van der Waals surface area (Å²) in [5.41, 5.74) is 0. The van der Waals surface area contributed by atoms with Crippen molar-refractivity contribution >= 4 is 34.5 Å². The van der Waals surface area contributed by atoms with Gasteiger partial charge in [0.25, 0.3) is 10.1 Å². The Labute approximate surface area is 145 Å². The Kier molecular flexibility index (Phi) is 6.49. The molecule has 0 aliphatic rings. The summed E-state index contributed by atoms with van der Waals surface area (Å²) in [4.78, 5) is 0. The van der Waals surface area contributed by atoms with Crippen molar-refractivity contribution in [2.75, 3.05) is 6.26 Å². The summed E-state index contributed by atoms with van der Waals surface area (Å²) in [7, 11) is -4.98. The van der Waals surface area contributed by atoms with Crippen LogP contribution in [0.4, 0.5) is 0 Å². The van der Waals surface area contributed by atoms with Crippen LogP contribution in [0.3, 0.4) is 0 Å². The molecule has 0 spiro atoms. The smallest absolute Gasteiger partial charge is 0.261 e. The third-order valence-corrected chi connectivity index (χ3v) is 6.55. The lowest BCUT2D eigenvalue weighted by Crippen LogP contribution is -2.51. The largest absolute Gasteiger partial charge is 0.286 e. The van der Waals surface area contributed by atoms with Gasteiger partial charge in [-0.2, -0.15) is 8.42 Å². The van der Waals surface area contributed by atoms with Crippen LogP contribution in [0.15, 0.2) is 91.0 Å². The van der Waals surface area contributed by atoms with Crippen molar-refractivity contribution in [3.63, 3.8) is 0 Å². The fraction of sp³-hybridized carbons (Fsp3) is 0.0526. The minimum Gasteiger partial charge on any atom is -0.286 e. The highest BCUT2D eigenvalue weighted by atomic mass is 32.2. The van der Waals surface area contributed by atoms with Crippen LogP contribution in [0.2, 0.25) is 0 Å². The first-order valence-corrected chi connectivity index (χ1v) is 11.1. The zero-order valence-electron chi connectivity index (χ0n) is 13.4. The number of hydrogen-bond acceptors (Lipinski definition) is 2. The molecule has 0 atom stereocenters. The highest BCUT2D eigenvalue weighted by Crippen LogP contribution is 1.95. The topological polar surface area (TPSA) is 54.4 Å². The van der Waals surface area contributed by atoms with Gasteiger partial charge in [-0.1, -0.05) is 107 Å². The lowest BCUT2D eigenvalue weighted by Gasteiger charge is -2.16. The van der Waals surface area contributed by atoms with Crippen LogP contribution in [0.5, 0.6) is 0 Å². The second-order valence-electron chi connectivity index (χ2n) is 5.40. The first-order chi connectivity index (χ1) is 11.4. The van der Waals surface area contributed by atoms with Gasteiger partial charge in [0.2, 0.25) is 0 Å². The Morgan fingerprint density at radius 3 is 1.04 bits per heavy atom. The standard InChI is InChI=1S/C18H16Si.CH4O3S/c1-4-10-16(11-5-1)19(17-12-6-2-7-13-17)18-14-8-3-9-15-18;1-5(2,3)4/h1-15,19H;1H3,(H,2,3,4). The van der Waals surface area contributed by atoms with Crippen LogP contribution in [-0.4, -0.2) is 28.0 Å². The molecule has 0 bridgehead atoms. The van der Waals surface area contributed by atoms with Gasteiger partial charge in [-0.15, -0.1) is 0 Å². The molecule has 0 aliphatic heterocycles. The fourth-order valence-electron chi connectivity index (χ4n) is 2.51. The van der Waals surface area contributed by atoms with Crippen molar-refractivity contribution < 1.29 is 13.0 Å². The summed E-state index contributed by atoms with van der Waals surface area (Å²) in [6.07, 6.45) is 0.715. The van der Waals surface area contributed by atoms with E-state index in [0.29, 0.717) is 6.26 Å². The third kappa shape index (κ3) is 6.12. The Morgan fingerprint density at radius 1 is 0.625 bits per heavy atom. The van der Waals surface area contributed by atoms with E-state index in [2.05, 4.69) is 91.0 Å². The minimum atomic E-state index is -3.67. The van der Waals surface area contributed by atoms with Gasteiger partial charge in [-0.05, 0) is 0 Å². The normalized spacial score (nSPS) is 10.8. The first kappa shape index (κ1) is 18.1. The summed E-state index contributed by atoms with van der Waals surface area (Å²) in [6.45, 7) is 0. The predicted octanol–water partition coefficient (Wildman–Crippen LogP) is 1.44. The molecular weight excluding hydrogens is 336 g/mol. The van der Waals surface area contributed by atoms with E-state index >= 15 is 0 Å². The third-order valence-electron chi connectivity index (χ3n) is 3.40. The molecule has 3 aromatic rings. The maximum atomic E-state index is 9.19. The van der Waals surface area contributed by atoms with Crippen molar-refractivity contribution in [1.82, 2.24) is 0 Å². The molecule has 3 rings (SSSR count). The molecule has 124 valence electrons. The van der Waals surface area contributed by atoms with E-state index in [-0.39, 0.29) is 0 Å². The van der Waals surface area contributed by atoms with Gasteiger partial charge in [0.05, 0.1) is 6.26 Å². The molecule has 5 heteroatoms. The van der Waals surface area contributed by atoms with Gasteiger partial charge in [0.15, 0.2) is 0 Å². The molecule has 1 N–H and O–H groups in total. The Hall–Kier alpha value is -2.21. The molecule has 3 nitrogen and oxygen atoms in total. The summed E-state index contributed by atoms with van der Waals surface area (Å²) in [5.74, 6) is 0. The lowest BCUT2D eigenvalue weighted by molar-refractivity contribution is 0.490. The SMILES string of the molecule is CS(=O)(=O)O.c1ccc([SiH](c2ccccc2)c2ccccc2)cc1. The number of rotatable bonds is 3. The molecule has 0 saturated carbocycles. The average molecular weight is 357 g/mol. The van der Waals surface area contributed by atoms with Crippen molar-refractivity contribution in [2.45, 2.75) is 0 Å². The van der Waals surface area contributed by atoms with E-state index in [1.807, 2.05) is 0 Å². The molecule has 0 unspecified atom stereocenters. The molecule has 0 fully saturated rings. The van der Waals surface area contributed by atoms with Crippen molar-refractivity contribution in [3.05, 3.63) is 91.0 Å². The summed E-state index contributed by atoms with van der Waals surface area (Å²) in [5, 5.41) is 4.42. The second-order valence-corrected chi connectivity index (χ2v) is 9.73. The molecule has 0 aliphatic carbocycles. The molecule has 0 aromatic heterocycles. The van der Waals surface area contributed by atoms with Crippen molar-refractivity contribution in [1.29, 1.82) is 0 Å². The van der Waals surface area contributed by atoms with E-state index in [1.54, 1.807) is 0 Å². The molecule has 0 saturated heterocycles. The first-order valence-electron chi connectivity index (χ1n) is 7.52. The second kappa shape index (κ2) is 8.59. The maximum Gasteiger partial charge on any atom is 0.261 e. The van der Waals surface area contributed by atoms with Crippen LogP contribution >= 0.6 is 0 Å². The van der Waals surface area contributed by atoms with E-state index in [1.165, 1.54) is 15.6 Å². The zero-order chi connectivity index (χ0) is 17.4. The number of benzene rings is 3. The van der Waals surface area contributed by atoms with Crippen LogP contribution in [0.1, 0.15) is 0 Å². The molecule has 0 heterocycles. The van der Waals surface area contributed by atoms with Gasteiger partial charge >= 0.3 is 0 Å². The van der Waals surface area contributed by atoms with Gasteiger partial charge in [-0.25, -0.2) is 0 Å². The summed E-state index contributed by atoms with van der Waals surface area (Å²) >= 11 is 0. The maximum absolute atomic E-state index is 9.19. The van der Waals surface area contributed by atoms with E-state index in [9.17, 15) is 8.42 Å². The Balaban J connectivity index is 0.000000368. The quantitative estimate of drug-likeness (QED) is 0.439. The summed E-state index contributed by atoms with van der Waals surface area (Å²) < 4.78 is 25.9. The van der Waals surface area contributed by atoms with Gasteiger partial charge < -0.3 is 0 Å². The van der Waals surface area contributed by atoms with Gasteiger partial charge in [0.1, 0.15) is 8.80 Å². The predicted molar refractivity (Wildman–Crippen MR) is 103 cm³/mol. The summed E-state index contributed by atoms with van der Waals surface area (Å²) in [6, 6.07) is 32.7. The van der Waals surface area contributed by atoms with E-state index in [0.717, 1.165) is 0 Å². The zero-order valence-corrected chi connectivity index (χ0v) is 15.4. The van der Waals surface area contributed by atoms with Crippen molar-refractivity contribution in [3.8, 4) is 0 Å². The van der Waals surface area contributed by atoms with Crippen LogP contribution in [0, 0.1) is 0 Å². The van der Waals surface area contributed by atoms with E-state index in [4.69, 9.17) is 4.55 Å². The van der Waals surface area contributed by atoms with Crippen molar-refractivity contribution in [2.24, 2.45) is 0 Å². The fourth-order valence-corrected chi connectivity index (χ4v) is 5.49. The molecule has 24 heavy (non-hydrogen) atoms. The van der Waals surface area contributed by atoms with E-state index < -0.39 is 18.9 Å². The molecule has 3 aromatic carbocycles. The lowest BCUT2D eigenvalue weighted by atomic mass is 10.3. The molecular formula is C19H20O3SSi. The number of hydrogen-bond donors (Lipinski definition) is 1. The van der Waals surface area contributed by atoms with Crippen LogP contribution in [-0.2, 0) is 10.1 Å². The molecule has 0 radical (unpaired) electrons.